The molecule has 1 fully saturated rings. The molecule has 2 atom stereocenters. The molecule has 0 spiro atoms. The van der Waals surface area contributed by atoms with Gasteiger partial charge in [-0.1, -0.05) is 18.2 Å². The van der Waals surface area contributed by atoms with Crippen LogP contribution in [0.4, 0.5) is 4.39 Å². The Morgan fingerprint density at radius 3 is 1.93 bits per heavy atom. The molecule has 0 amide bonds. The van der Waals surface area contributed by atoms with Crippen molar-refractivity contribution in [2.45, 2.75) is 23.5 Å². The number of benzene rings is 1. The lowest BCUT2D eigenvalue weighted by molar-refractivity contribution is 0.467. The molecular weight excluding hydrogens is 221 g/mol. The minimum atomic E-state index is -4.00. The highest BCUT2D eigenvalue weighted by atomic mass is 32.2. The van der Waals surface area contributed by atoms with Gasteiger partial charge in [-0.05, 0) is 18.6 Å². The van der Waals surface area contributed by atoms with Gasteiger partial charge in [-0.2, -0.15) is 8.42 Å². The fourth-order valence-electron chi connectivity index (χ4n) is 0.774. The fraction of sp³-hybridized carbons (Fsp3) is 0.333. The SMILES string of the molecule is N[C@H]1C[C@H]1F.O=S(=O)(O)c1ccccc1. The zero-order valence-corrected chi connectivity index (χ0v) is 8.69. The van der Waals surface area contributed by atoms with Crippen LogP contribution in [0, 0.1) is 0 Å². The number of hydrogen-bond donors (Lipinski definition) is 2. The first-order valence-corrected chi connectivity index (χ1v) is 5.77. The monoisotopic (exact) mass is 233 g/mol. The summed E-state index contributed by atoms with van der Waals surface area (Å²) in [6.45, 7) is 0. The lowest BCUT2D eigenvalue weighted by Gasteiger charge is -1.92. The topological polar surface area (TPSA) is 80.4 Å². The zero-order valence-electron chi connectivity index (χ0n) is 7.88. The number of halogens is 1. The van der Waals surface area contributed by atoms with Crippen molar-refractivity contribution in [3.05, 3.63) is 30.3 Å². The zero-order chi connectivity index (χ0) is 11.5. The van der Waals surface area contributed by atoms with Gasteiger partial charge in [0.25, 0.3) is 10.1 Å². The van der Waals surface area contributed by atoms with E-state index in [9.17, 15) is 12.8 Å². The summed E-state index contributed by atoms with van der Waals surface area (Å²) in [6, 6.07) is 7.31. The molecule has 3 N–H and O–H groups in total. The van der Waals surface area contributed by atoms with Crippen LogP contribution in [-0.2, 0) is 10.1 Å². The average molecular weight is 233 g/mol. The Balaban J connectivity index is 0.000000187. The summed E-state index contributed by atoms with van der Waals surface area (Å²) in [5.41, 5.74) is 4.99. The standard InChI is InChI=1S/C6H6O3S.C3H6FN/c7-10(8,9)6-4-2-1-3-5-6;4-2-1-3(2)5/h1-5H,(H,7,8,9);2-3H,1,5H2/t;2-,3+/m.1/s1. The quantitative estimate of drug-likeness (QED) is 0.709. The van der Waals surface area contributed by atoms with Gasteiger partial charge in [-0.25, -0.2) is 4.39 Å². The minimum absolute atomic E-state index is 0.0741. The molecule has 0 unspecified atom stereocenters. The molecule has 1 saturated carbocycles. The summed E-state index contributed by atoms with van der Waals surface area (Å²) in [5.74, 6) is 0. The average Bonchev–Trinajstić information content (AvgIpc) is 2.81. The highest BCUT2D eigenvalue weighted by Crippen LogP contribution is 2.21. The van der Waals surface area contributed by atoms with Crippen LogP contribution in [0.25, 0.3) is 0 Å². The molecule has 1 aliphatic carbocycles. The molecule has 0 radical (unpaired) electrons. The van der Waals surface area contributed by atoms with E-state index < -0.39 is 16.3 Å². The molecule has 0 bridgehead atoms. The molecule has 0 saturated heterocycles. The maximum atomic E-state index is 11.4. The molecule has 84 valence electrons. The summed E-state index contributed by atoms with van der Waals surface area (Å²) in [6.07, 6.45) is -0.0880. The first kappa shape index (κ1) is 12.1. The van der Waals surface area contributed by atoms with Crippen molar-refractivity contribution in [2.75, 3.05) is 0 Å². The first-order chi connectivity index (χ1) is 6.91. The van der Waals surface area contributed by atoms with Crippen molar-refractivity contribution in [3.8, 4) is 0 Å². The largest absolute Gasteiger partial charge is 0.325 e. The Bertz CT molecular complexity index is 401. The van der Waals surface area contributed by atoms with E-state index in [1.807, 2.05) is 0 Å². The Morgan fingerprint density at radius 2 is 1.73 bits per heavy atom. The van der Waals surface area contributed by atoms with E-state index in [1.165, 1.54) is 12.1 Å². The normalized spacial score (nSPS) is 23.9. The Morgan fingerprint density at radius 1 is 1.33 bits per heavy atom. The highest BCUT2D eigenvalue weighted by Gasteiger charge is 2.32. The molecule has 0 aromatic heterocycles. The summed E-state index contributed by atoms with van der Waals surface area (Å²) in [7, 11) is -4.00. The van der Waals surface area contributed by atoms with E-state index in [0.29, 0.717) is 6.42 Å². The van der Waals surface area contributed by atoms with E-state index in [-0.39, 0.29) is 10.9 Å². The van der Waals surface area contributed by atoms with Gasteiger partial charge in [0.1, 0.15) is 6.17 Å². The molecule has 2 rings (SSSR count). The second-order valence-electron chi connectivity index (χ2n) is 3.20. The highest BCUT2D eigenvalue weighted by molar-refractivity contribution is 7.85. The summed E-state index contributed by atoms with van der Waals surface area (Å²) in [4.78, 5) is -0.0741. The van der Waals surface area contributed by atoms with Crippen LogP contribution in [-0.4, -0.2) is 25.2 Å². The van der Waals surface area contributed by atoms with Crippen LogP contribution in [0.5, 0.6) is 0 Å². The van der Waals surface area contributed by atoms with Crippen molar-refractivity contribution < 1.29 is 17.4 Å². The van der Waals surface area contributed by atoms with Gasteiger partial charge in [0.2, 0.25) is 0 Å². The van der Waals surface area contributed by atoms with Crippen LogP contribution >= 0.6 is 0 Å². The lowest BCUT2D eigenvalue weighted by Crippen LogP contribution is -2.00. The van der Waals surface area contributed by atoms with E-state index >= 15 is 0 Å². The molecule has 15 heavy (non-hydrogen) atoms. The van der Waals surface area contributed by atoms with Crippen molar-refractivity contribution in [1.82, 2.24) is 0 Å². The third-order valence-electron chi connectivity index (χ3n) is 1.80. The Hall–Kier alpha value is -0.980. The van der Waals surface area contributed by atoms with Gasteiger partial charge in [0.05, 0.1) is 4.90 Å². The number of nitrogens with two attached hydrogens (primary N) is 1. The molecular formula is C9H12FNO3S. The molecule has 1 aromatic carbocycles. The number of hydrogen-bond acceptors (Lipinski definition) is 3. The summed E-state index contributed by atoms with van der Waals surface area (Å²) in [5, 5.41) is 0. The van der Waals surface area contributed by atoms with E-state index in [2.05, 4.69) is 0 Å². The molecule has 1 aromatic rings. The summed E-state index contributed by atoms with van der Waals surface area (Å²) >= 11 is 0. The van der Waals surface area contributed by atoms with Crippen molar-refractivity contribution in [2.24, 2.45) is 5.73 Å². The van der Waals surface area contributed by atoms with Crippen LogP contribution < -0.4 is 5.73 Å². The van der Waals surface area contributed by atoms with Crippen LogP contribution in [0.1, 0.15) is 6.42 Å². The van der Waals surface area contributed by atoms with Gasteiger partial charge < -0.3 is 5.73 Å². The minimum Gasteiger partial charge on any atom is -0.325 e. The van der Waals surface area contributed by atoms with Crippen molar-refractivity contribution in [1.29, 1.82) is 0 Å². The predicted octanol–water partition coefficient (Wildman–Crippen LogP) is 0.989. The van der Waals surface area contributed by atoms with E-state index in [4.69, 9.17) is 10.3 Å². The maximum absolute atomic E-state index is 11.4. The maximum Gasteiger partial charge on any atom is 0.294 e. The van der Waals surface area contributed by atoms with E-state index in [0.717, 1.165) is 0 Å². The van der Waals surface area contributed by atoms with Gasteiger partial charge in [0.15, 0.2) is 0 Å². The van der Waals surface area contributed by atoms with Crippen molar-refractivity contribution in [3.63, 3.8) is 0 Å². The summed E-state index contributed by atoms with van der Waals surface area (Å²) < 4.78 is 40.6. The Labute approximate surface area is 87.7 Å². The first-order valence-electron chi connectivity index (χ1n) is 4.33. The molecule has 0 aliphatic heterocycles. The predicted molar refractivity (Wildman–Crippen MR) is 53.7 cm³/mol. The van der Waals surface area contributed by atoms with Crippen LogP contribution in [0.2, 0.25) is 0 Å². The molecule has 4 nitrogen and oxygen atoms in total. The van der Waals surface area contributed by atoms with Gasteiger partial charge >= 0.3 is 0 Å². The second-order valence-corrected chi connectivity index (χ2v) is 4.63. The molecule has 1 aliphatic rings. The van der Waals surface area contributed by atoms with Crippen LogP contribution in [0.3, 0.4) is 0 Å². The smallest absolute Gasteiger partial charge is 0.294 e. The number of alkyl halides is 1. The van der Waals surface area contributed by atoms with Gasteiger partial charge in [-0.15, -0.1) is 0 Å². The van der Waals surface area contributed by atoms with Crippen LogP contribution in [0.15, 0.2) is 35.2 Å². The van der Waals surface area contributed by atoms with E-state index in [1.54, 1.807) is 18.2 Å². The van der Waals surface area contributed by atoms with Gasteiger partial charge in [0, 0.05) is 6.04 Å². The second kappa shape index (κ2) is 4.69. The fourth-order valence-corrected chi connectivity index (χ4v) is 1.27. The lowest BCUT2D eigenvalue weighted by atomic mass is 10.4. The Kier molecular flexibility index (Phi) is 3.78. The third-order valence-corrected chi connectivity index (χ3v) is 2.67. The third kappa shape index (κ3) is 4.37. The molecule has 0 heterocycles. The number of rotatable bonds is 1. The van der Waals surface area contributed by atoms with Gasteiger partial charge in [-0.3, -0.25) is 4.55 Å². The van der Waals surface area contributed by atoms with Crippen molar-refractivity contribution >= 4 is 10.1 Å². The molecule has 6 heteroatoms.